The van der Waals surface area contributed by atoms with Gasteiger partial charge in [-0.2, -0.15) is 31.6 Å². The van der Waals surface area contributed by atoms with Crippen LogP contribution in [-0.4, -0.2) is 0 Å². The van der Waals surface area contributed by atoms with Gasteiger partial charge in [0.2, 0.25) is 0 Å². The third-order valence-corrected chi connectivity index (χ3v) is 3.90. The molecule has 0 aliphatic heterocycles. The third kappa shape index (κ3) is 8.40. The summed E-state index contributed by atoms with van der Waals surface area (Å²) in [6, 6.07) is 12.6. The fourth-order valence-electron chi connectivity index (χ4n) is 2.59. The van der Waals surface area contributed by atoms with E-state index in [0.29, 0.717) is 32.1 Å². The maximum Gasteiger partial charge on any atom is 0.0656 e. The Hall–Kier alpha value is -3.06. The van der Waals surface area contributed by atoms with Crippen molar-refractivity contribution < 1.29 is 0 Å². The van der Waals surface area contributed by atoms with Gasteiger partial charge in [0, 0.05) is 36.0 Å². The lowest BCUT2D eigenvalue weighted by molar-refractivity contribution is 0.366. The molecule has 5 atom stereocenters. The molecule has 0 spiro atoms. The second-order valence-electron chi connectivity index (χ2n) is 5.97. The third-order valence-electron chi connectivity index (χ3n) is 3.90. The predicted octanol–water partition coefficient (Wildman–Crippen LogP) is 3.57. The molecule has 6 heteroatoms. The highest BCUT2D eigenvalue weighted by Gasteiger charge is 2.24. The molecule has 0 N–H and O–H groups in total. The van der Waals surface area contributed by atoms with Gasteiger partial charge in [-0.1, -0.05) is 0 Å². The number of rotatable bonds is 10. The summed E-state index contributed by atoms with van der Waals surface area (Å²) in [4.78, 5) is 0. The molecule has 0 amide bonds. The van der Waals surface area contributed by atoms with Crippen molar-refractivity contribution in [3.05, 3.63) is 0 Å². The van der Waals surface area contributed by atoms with E-state index in [1.165, 1.54) is 0 Å². The Morgan fingerprint density at radius 3 is 1.38 bits per heavy atom. The van der Waals surface area contributed by atoms with Crippen LogP contribution in [0.4, 0.5) is 0 Å². The van der Waals surface area contributed by atoms with E-state index in [1.807, 2.05) is 6.07 Å². The van der Waals surface area contributed by atoms with Crippen molar-refractivity contribution in [2.24, 2.45) is 29.6 Å². The second kappa shape index (κ2) is 12.5. The zero-order chi connectivity index (χ0) is 18.4. The first-order valence-electron chi connectivity index (χ1n) is 7.89. The minimum atomic E-state index is -0.458. The van der Waals surface area contributed by atoms with Gasteiger partial charge in [-0.15, -0.1) is 0 Å². The Morgan fingerprint density at radius 1 is 0.583 bits per heavy atom. The molecule has 0 aliphatic rings. The van der Waals surface area contributed by atoms with Crippen LogP contribution in [0.5, 0.6) is 0 Å². The molecule has 6 nitrogen and oxygen atoms in total. The number of nitrogens with zero attached hydrogens (tertiary/aromatic N) is 6. The summed E-state index contributed by atoms with van der Waals surface area (Å²) in [7, 11) is 0. The average molecular weight is 320 g/mol. The van der Waals surface area contributed by atoms with Crippen LogP contribution in [-0.2, 0) is 0 Å². The molecule has 0 rings (SSSR count). The summed E-state index contributed by atoms with van der Waals surface area (Å²) < 4.78 is 0. The lowest BCUT2D eigenvalue weighted by atomic mass is 9.82. The fraction of sp³-hybridized carbons (Fsp3) is 0.667. The van der Waals surface area contributed by atoms with Gasteiger partial charge in [0.15, 0.2) is 0 Å². The number of hydrogen-bond donors (Lipinski definition) is 0. The minimum Gasteiger partial charge on any atom is -0.198 e. The van der Waals surface area contributed by atoms with E-state index in [4.69, 9.17) is 15.8 Å². The second-order valence-corrected chi connectivity index (χ2v) is 5.97. The summed E-state index contributed by atoms with van der Waals surface area (Å²) in [5.41, 5.74) is 0. The van der Waals surface area contributed by atoms with Crippen LogP contribution in [0, 0.1) is 97.6 Å². The SMILES string of the molecule is CC(C#N)CC(C#N)CC(C#N)CC(C#N)CC(C#N)CCC#N. The first-order chi connectivity index (χ1) is 11.5. The first-order valence-corrected chi connectivity index (χ1v) is 7.89. The van der Waals surface area contributed by atoms with E-state index < -0.39 is 17.8 Å². The van der Waals surface area contributed by atoms with E-state index in [2.05, 4.69) is 30.3 Å². The van der Waals surface area contributed by atoms with Gasteiger partial charge < -0.3 is 0 Å². The average Bonchev–Trinajstić information content (AvgIpc) is 2.61. The van der Waals surface area contributed by atoms with Crippen molar-refractivity contribution in [2.75, 3.05) is 0 Å². The normalized spacial score (nSPS) is 15.6. The summed E-state index contributed by atoms with van der Waals surface area (Å²) in [6.45, 7) is 1.73. The Kier molecular flexibility index (Phi) is 10.9. The monoisotopic (exact) mass is 320 g/mol. The zero-order valence-corrected chi connectivity index (χ0v) is 13.8. The Bertz CT molecular complexity index is 627. The molecule has 0 aromatic rings. The molecule has 0 fully saturated rings. The summed E-state index contributed by atoms with van der Waals surface area (Å²) in [5.74, 6) is -1.94. The van der Waals surface area contributed by atoms with Gasteiger partial charge in [0.05, 0.1) is 36.4 Å². The molecule has 0 aromatic heterocycles. The van der Waals surface area contributed by atoms with Crippen molar-refractivity contribution >= 4 is 0 Å². The maximum absolute atomic E-state index is 9.30. The van der Waals surface area contributed by atoms with Crippen molar-refractivity contribution in [1.82, 2.24) is 0 Å². The van der Waals surface area contributed by atoms with Crippen LogP contribution >= 0.6 is 0 Å². The van der Waals surface area contributed by atoms with Crippen molar-refractivity contribution in [1.29, 1.82) is 31.6 Å². The van der Waals surface area contributed by atoms with E-state index in [9.17, 15) is 15.8 Å². The van der Waals surface area contributed by atoms with E-state index in [1.54, 1.807) is 6.92 Å². The number of hydrogen-bond acceptors (Lipinski definition) is 6. The van der Waals surface area contributed by atoms with Crippen LogP contribution in [0.25, 0.3) is 0 Å². The van der Waals surface area contributed by atoms with Gasteiger partial charge in [-0.25, -0.2) is 0 Å². The van der Waals surface area contributed by atoms with Crippen molar-refractivity contribution in [3.8, 4) is 36.4 Å². The first kappa shape index (κ1) is 20.9. The molecule has 0 aromatic carbocycles. The molecule has 122 valence electrons. The molecule has 0 bridgehead atoms. The number of nitriles is 6. The molecule has 24 heavy (non-hydrogen) atoms. The standard InChI is InChI=1S/C18H20N6/c1-14(9-20)5-16(11-22)7-18(13-24)8-17(12-23)6-15(10-21)3-2-4-19/h14-18H,2-3,5-8H2,1H3. The molecule has 0 heterocycles. The van der Waals surface area contributed by atoms with Crippen LogP contribution in [0.15, 0.2) is 0 Å². The van der Waals surface area contributed by atoms with Crippen LogP contribution < -0.4 is 0 Å². The van der Waals surface area contributed by atoms with Crippen LogP contribution in [0.1, 0.15) is 45.4 Å². The summed E-state index contributed by atoms with van der Waals surface area (Å²) in [5, 5.41) is 54.3. The van der Waals surface area contributed by atoms with Gasteiger partial charge in [0.1, 0.15) is 0 Å². The molecule has 0 radical (unpaired) electrons. The summed E-state index contributed by atoms with van der Waals surface area (Å²) in [6.07, 6.45) is 2.05. The van der Waals surface area contributed by atoms with Gasteiger partial charge in [-0.3, -0.25) is 0 Å². The highest BCUT2D eigenvalue weighted by molar-refractivity contribution is 4.99. The van der Waals surface area contributed by atoms with Crippen molar-refractivity contribution in [2.45, 2.75) is 45.4 Å². The Morgan fingerprint density at radius 2 is 1.00 bits per heavy atom. The van der Waals surface area contributed by atoms with E-state index in [-0.39, 0.29) is 18.3 Å². The minimum absolute atomic E-state index is 0.255. The molecule has 0 saturated carbocycles. The van der Waals surface area contributed by atoms with Crippen LogP contribution in [0.2, 0.25) is 0 Å². The summed E-state index contributed by atoms with van der Waals surface area (Å²) >= 11 is 0. The molecular weight excluding hydrogens is 300 g/mol. The molecule has 0 saturated heterocycles. The lowest BCUT2D eigenvalue weighted by Crippen LogP contribution is -2.14. The largest absolute Gasteiger partial charge is 0.198 e. The molecule has 5 unspecified atom stereocenters. The quantitative estimate of drug-likeness (QED) is 0.601. The van der Waals surface area contributed by atoms with Gasteiger partial charge in [-0.05, 0) is 39.0 Å². The Labute approximate surface area is 143 Å². The highest BCUT2D eigenvalue weighted by Crippen LogP contribution is 2.27. The molecular formula is C18H20N6. The van der Waals surface area contributed by atoms with Crippen LogP contribution in [0.3, 0.4) is 0 Å². The van der Waals surface area contributed by atoms with Gasteiger partial charge >= 0.3 is 0 Å². The maximum atomic E-state index is 9.30. The molecule has 0 aliphatic carbocycles. The van der Waals surface area contributed by atoms with E-state index >= 15 is 0 Å². The fourth-order valence-corrected chi connectivity index (χ4v) is 2.59. The Balaban J connectivity index is 4.73. The smallest absolute Gasteiger partial charge is 0.0656 e. The van der Waals surface area contributed by atoms with Gasteiger partial charge in [0.25, 0.3) is 0 Å². The lowest BCUT2D eigenvalue weighted by Gasteiger charge is -2.18. The zero-order valence-electron chi connectivity index (χ0n) is 13.8. The highest BCUT2D eigenvalue weighted by atomic mass is 14.4. The predicted molar refractivity (Wildman–Crippen MR) is 84.5 cm³/mol. The van der Waals surface area contributed by atoms with Crippen molar-refractivity contribution in [3.63, 3.8) is 0 Å². The van der Waals surface area contributed by atoms with E-state index in [0.717, 1.165) is 0 Å². The topological polar surface area (TPSA) is 143 Å².